The molecule has 122 valence electrons. The van der Waals surface area contributed by atoms with Crippen molar-refractivity contribution in [3.8, 4) is 0 Å². The monoisotopic (exact) mass is 330 g/mol. The van der Waals surface area contributed by atoms with Gasteiger partial charge < -0.3 is 10.6 Å². The van der Waals surface area contributed by atoms with Gasteiger partial charge in [-0.25, -0.2) is 4.98 Å². The van der Waals surface area contributed by atoms with Crippen LogP contribution in [0.3, 0.4) is 0 Å². The lowest BCUT2D eigenvalue weighted by atomic mass is 10.1. The first-order chi connectivity index (χ1) is 11.2. The van der Waals surface area contributed by atoms with E-state index in [0.29, 0.717) is 5.15 Å². The van der Waals surface area contributed by atoms with Crippen LogP contribution < -0.4 is 10.6 Å². The molecule has 0 fully saturated rings. The van der Waals surface area contributed by atoms with Crippen LogP contribution in [0.15, 0.2) is 47.6 Å². The highest BCUT2D eigenvalue weighted by atomic mass is 35.5. The molecule has 1 heterocycles. The molecule has 1 aromatic heterocycles. The molecule has 4 nitrogen and oxygen atoms in total. The molecule has 0 spiro atoms. The first kappa shape index (κ1) is 17.3. The van der Waals surface area contributed by atoms with Crippen molar-refractivity contribution in [1.29, 1.82) is 0 Å². The standard InChI is InChI=1S/C18H23ClN4/c1-3-15-6-4-5-7-16(15)13-23-18(20-2)21-11-10-14-8-9-17(19)22-12-14/h4-9,12H,3,10-11,13H2,1-2H3,(H2,20,21,23). The Morgan fingerprint density at radius 3 is 2.57 bits per heavy atom. The molecule has 5 heteroatoms. The van der Waals surface area contributed by atoms with E-state index in [1.54, 1.807) is 13.2 Å². The number of nitrogens with zero attached hydrogens (tertiary/aromatic N) is 2. The maximum atomic E-state index is 5.79. The van der Waals surface area contributed by atoms with Crippen molar-refractivity contribution in [2.75, 3.05) is 13.6 Å². The van der Waals surface area contributed by atoms with Gasteiger partial charge in [-0.3, -0.25) is 4.99 Å². The summed E-state index contributed by atoms with van der Waals surface area (Å²) in [6, 6.07) is 12.3. The van der Waals surface area contributed by atoms with Crippen molar-refractivity contribution in [2.24, 2.45) is 4.99 Å². The highest BCUT2D eigenvalue weighted by molar-refractivity contribution is 6.29. The van der Waals surface area contributed by atoms with E-state index < -0.39 is 0 Å². The predicted octanol–water partition coefficient (Wildman–Crippen LogP) is 3.21. The van der Waals surface area contributed by atoms with Gasteiger partial charge in [0.15, 0.2) is 5.96 Å². The van der Waals surface area contributed by atoms with Crippen LogP contribution in [0.2, 0.25) is 5.15 Å². The average molecular weight is 331 g/mol. The van der Waals surface area contributed by atoms with Gasteiger partial charge in [-0.05, 0) is 35.6 Å². The summed E-state index contributed by atoms with van der Waals surface area (Å²) in [6.45, 7) is 3.73. The van der Waals surface area contributed by atoms with Gasteiger partial charge in [0.05, 0.1) is 0 Å². The van der Waals surface area contributed by atoms with Gasteiger partial charge in [0, 0.05) is 26.3 Å². The number of nitrogens with one attached hydrogen (secondary N) is 2. The van der Waals surface area contributed by atoms with Crippen LogP contribution in [0.1, 0.15) is 23.6 Å². The Morgan fingerprint density at radius 2 is 1.91 bits per heavy atom. The molecule has 0 saturated carbocycles. The number of aryl methyl sites for hydroxylation is 1. The van der Waals surface area contributed by atoms with Crippen LogP contribution >= 0.6 is 11.6 Å². The van der Waals surface area contributed by atoms with E-state index in [-0.39, 0.29) is 0 Å². The minimum atomic E-state index is 0.522. The van der Waals surface area contributed by atoms with Gasteiger partial charge in [-0.2, -0.15) is 0 Å². The van der Waals surface area contributed by atoms with Crippen LogP contribution in [-0.4, -0.2) is 24.5 Å². The van der Waals surface area contributed by atoms with Crippen molar-refractivity contribution in [2.45, 2.75) is 26.3 Å². The molecule has 0 unspecified atom stereocenters. The topological polar surface area (TPSA) is 49.3 Å². The summed E-state index contributed by atoms with van der Waals surface area (Å²) in [6.07, 6.45) is 3.71. The molecule has 23 heavy (non-hydrogen) atoms. The zero-order valence-electron chi connectivity index (χ0n) is 13.6. The number of hydrogen-bond acceptors (Lipinski definition) is 2. The summed E-state index contributed by atoms with van der Waals surface area (Å²) in [5, 5.41) is 7.20. The van der Waals surface area contributed by atoms with Crippen molar-refractivity contribution >= 4 is 17.6 Å². The molecule has 0 aliphatic carbocycles. The van der Waals surface area contributed by atoms with Crippen LogP contribution in [0, 0.1) is 0 Å². The fraction of sp³-hybridized carbons (Fsp3) is 0.333. The molecule has 2 rings (SSSR count). The highest BCUT2D eigenvalue weighted by Crippen LogP contribution is 2.09. The highest BCUT2D eigenvalue weighted by Gasteiger charge is 2.02. The number of guanidine groups is 1. The third-order valence-electron chi connectivity index (χ3n) is 3.66. The zero-order chi connectivity index (χ0) is 16.5. The van der Waals surface area contributed by atoms with E-state index in [1.807, 2.05) is 12.1 Å². The Bertz CT molecular complexity index is 638. The average Bonchev–Trinajstić information content (AvgIpc) is 2.59. The van der Waals surface area contributed by atoms with Gasteiger partial charge in [0.2, 0.25) is 0 Å². The van der Waals surface area contributed by atoms with Gasteiger partial charge in [-0.15, -0.1) is 0 Å². The van der Waals surface area contributed by atoms with Gasteiger partial charge >= 0.3 is 0 Å². The molecule has 0 atom stereocenters. The molecule has 0 aliphatic heterocycles. The lowest BCUT2D eigenvalue weighted by molar-refractivity contribution is 0.788. The smallest absolute Gasteiger partial charge is 0.191 e. The molecule has 0 aliphatic rings. The summed E-state index contributed by atoms with van der Waals surface area (Å²) >= 11 is 5.79. The van der Waals surface area contributed by atoms with Crippen molar-refractivity contribution in [1.82, 2.24) is 15.6 Å². The maximum absolute atomic E-state index is 5.79. The number of aromatic nitrogens is 1. The molecule has 0 radical (unpaired) electrons. The van der Waals surface area contributed by atoms with Gasteiger partial charge in [0.1, 0.15) is 5.15 Å². The van der Waals surface area contributed by atoms with E-state index in [1.165, 1.54) is 11.1 Å². The zero-order valence-corrected chi connectivity index (χ0v) is 14.4. The molecule has 2 N–H and O–H groups in total. The summed E-state index contributed by atoms with van der Waals surface area (Å²) in [4.78, 5) is 8.35. The van der Waals surface area contributed by atoms with Crippen LogP contribution in [0.25, 0.3) is 0 Å². The summed E-state index contributed by atoms with van der Waals surface area (Å²) in [7, 11) is 1.78. The van der Waals surface area contributed by atoms with E-state index in [4.69, 9.17) is 11.6 Å². The third-order valence-corrected chi connectivity index (χ3v) is 3.89. The van der Waals surface area contributed by atoms with Gasteiger partial charge in [-0.1, -0.05) is 48.9 Å². The SMILES string of the molecule is CCc1ccccc1CNC(=NC)NCCc1ccc(Cl)nc1. The molecule has 1 aromatic carbocycles. The second-order valence-corrected chi connectivity index (χ2v) is 5.60. The normalized spacial score (nSPS) is 11.3. The van der Waals surface area contributed by atoms with Crippen LogP contribution in [0.4, 0.5) is 0 Å². The quantitative estimate of drug-likeness (QED) is 0.486. The van der Waals surface area contributed by atoms with E-state index in [2.05, 4.69) is 51.8 Å². The summed E-state index contributed by atoms with van der Waals surface area (Å²) in [5.74, 6) is 0.804. The minimum absolute atomic E-state index is 0.522. The Labute approximate surface area is 143 Å². The molecule has 0 amide bonds. The van der Waals surface area contributed by atoms with Crippen molar-refractivity contribution in [3.05, 3.63) is 64.4 Å². The number of pyridine rings is 1. The lowest BCUT2D eigenvalue weighted by Crippen LogP contribution is -2.38. The Kier molecular flexibility index (Phi) is 6.88. The largest absolute Gasteiger partial charge is 0.356 e. The van der Waals surface area contributed by atoms with E-state index in [9.17, 15) is 0 Å². The second-order valence-electron chi connectivity index (χ2n) is 5.21. The number of benzene rings is 1. The van der Waals surface area contributed by atoms with Crippen molar-refractivity contribution < 1.29 is 0 Å². The second kappa shape index (κ2) is 9.16. The predicted molar refractivity (Wildman–Crippen MR) is 97.0 cm³/mol. The van der Waals surface area contributed by atoms with Gasteiger partial charge in [0.25, 0.3) is 0 Å². The van der Waals surface area contributed by atoms with Crippen LogP contribution in [0.5, 0.6) is 0 Å². The minimum Gasteiger partial charge on any atom is -0.356 e. The molecular weight excluding hydrogens is 308 g/mol. The Hall–Kier alpha value is -2.07. The number of halogens is 1. The number of hydrogen-bond donors (Lipinski definition) is 2. The fourth-order valence-corrected chi connectivity index (χ4v) is 2.47. The lowest BCUT2D eigenvalue weighted by Gasteiger charge is -2.13. The number of aliphatic imine (C=N–C) groups is 1. The molecule has 0 saturated heterocycles. The summed E-state index contributed by atoms with van der Waals surface area (Å²) in [5.41, 5.74) is 3.82. The maximum Gasteiger partial charge on any atom is 0.191 e. The first-order valence-corrected chi connectivity index (χ1v) is 8.22. The van der Waals surface area contributed by atoms with Crippen LogP contribution in [-0.2, 0) is 19.4 Å². The fourth-order valence-electron chi connectivity index (χ4n) is 2.35. The van der Waals surface area contributed by atoms with E-state index in [0.717, 1.165) is 37.5 Å². The summed E-state index contributed by atoms with van der Waals surface area (Å²) < 4.78 is 0. The molecular formula is C18H23ClN4. The van der Waals surface area contributed by atoms with E-state index >= 15 is 0 Å². The first-order valence-electron chi connectivity index (χ1n) is 7.84. The number of rotatable bonds is 6. The third kappa shape index (κ3) is 5.57. The van der Waals surface area contributed by atoms with Crippen molar-refractivity contribution in [3.63, 3.8) is 0 Å². The Morgan fingerprint density at radius 1 is 1.13 bits per heavy atom. The molecule has 0 bridgehead atoms. The Balaban J connectivity index is 1.80. The molecule has 2 aromatic rings.